The Balaban J connectivity index is 1.79. The summed E-state index contributed by atoms with van der Waals surface area (Å²) < 4.78 is 28.0. The van der Waals surface area contributed by atoms with Crippen molar-refractivity contribution in [3.05, 3.63) is 0 Å². The molecular weight excluding hydrogens is 348 g/mol. The van der Waals surface area contributed by atoms with Crippen molar-refractivity contribution in [1.82, 2.24) is 0 Å². The lowest BCUT2D eigenvalue weighted by atomic mass is 9.49. The molecule has 4 bridgehead atoms. The average molecular weight is 366 g/mol. The molecule has 26 heavy (non-hydrogen) atoms. The number of fused-ring (bicyclic) bond motifs is 3. The van der Waals surface area contributed by atoms with Crippen molar-refractivity contribution in [2.24, 2.45) is 17.3 Å². The molecule has 5 aliphatic rings. The van der Waals surface area contributed by atoms with Crippen LogP contribution in [0.4, 0.5) is 0 Å². The van der Waals surface area contributed by atoms with Crippen LogP contribution in [-0.2, 0) is 42.9 Å². The van der Waals surface area contributed by atoms with Crippen LogP contribution in [0.1, 0.15) is 27.2 Å². The molecule has 1 aliphatic carbocycles. The van der Waals surface area contributed by atoms with Crippen molar-refractivity contribution in [3.8, 4) is 0 Å². The maximum absolute atomic E-state index is 13.1. The summed E-state index contributed by atoms with van der Waals surface area (Å²) in [6, 6.07) is 0. The second-order valence-electron chi connectivity index (χ2n) is 8.12. The molecule has 9 nitrogen and oxygen atoms in total. The van der Waals surface area contributed by atoms with Gasteiger partial charge in [0.2, 0.25) is 12.4 Å². The maximum Gasteiger partial charge on any atom is 0.351 e. The number of Topliss-reactive ketones (excluding diaryl/α,β-unsaturated/α-hetero) is 1. The van der Waals surface area contributed by atoms with E-state index in [1.54, 1.807) is 6.92 Å². The van der Waals surface area contributed by atoms with Gasteiger partial charge in [-0.1, -0.05) is 6.92 Å². The Morgan fingerprint density at radius 1 is 1.19 bits per heavy atom. The van der Waals surface area contributed by atoms with Crippen LogP contribution in [0.2, 0.25) is 0 Å². The van der Waals surface area contributed by atoms with Gasteiger partial charge in [0.15, 0.2) is 17.0 Å². The van der Waals surface area contributed by atoms with Crippen LogP contribution in [0.5, 0.6) is 0 Å². The zero-order valence-corrected chi connectivity index (χ0v) is 14.5. The van der Waals surface area contributed by atoms with E-state index < -0.39 is 64.9 Å². The zero-order valence-electron chi connectivity index (χ0n) is 14.5. The SMILES string of the molecule is CC(=O)O[C@@H]1C(=O)O[C@@]2(C)[C@H]3C[C@]4(C)[C@@H](CO[C@@H]5O[C@]12[C@H]4C5=O)C(=O)O3. The lowest BCUT2D eigenvalue weighted by molar-refractivity contribution is -0.317. The highest BCUT2D eigenvalue weighted by Crippen LogP contribution is 2.68. The third-order valence-electron chi connectivity index (χ3n) is 6.88. The number of rotatable bonds is 1. The van der Waals surface area contributed by atoms with Gasteiger partial charge in [0.1, 0.15) is 6.10 Å². The van der Waals surface area contributed by atoms with Crippen LogP contribution in [-0.4, -0.2) is 60.0 Å². The Kier molecular flexibility index (Phi) is 2.77. The summed E-state index contributed by atoms with van der Waals surface area (Å²) in [4.78, 5) is 50.0. The van der Waals surface area contributed by atoms with E-state index in [-0.39, 0.29) is 12.4 Å². The highest BCUT2D eigenvalue weighted by atomic mass is 16.7. The molecule has 5 rings (SSSR count). The number of ether oxygens (including phenoxy) is 5. The molecule has 5 fully saturated rings. The van der Waals surface area contributed by atoms with E-state index in [0.29, 0.717) is 6.42 Å². The second-order valence-corrected chi connectivity index (χ2v) is 8.12. The standard InChI is InChI=1S/C17H18O9/c1-6(18)23-11-13(21)25-16(3)8-4-15(2)7(12(20)24-8)5-22-14-9(19)10(15)17(11,16)26-14/h7-8,10-11,14H,4-5H2,1-3H3/t7-,8+,10-,11+,14+,15+,16-,17+/m0/s1. The van der Waals surface area contributed by atoms with Gasteiger partial charge in [-0.05, 0) is 18.8 Å². The lowest BCUT2D eigenvalue weighted by Gasteiger charge is -2.60. The van der Waals surface area contributed by atoms with Crippen molar-refractivity contribution in [1.29, 1.82) is 0 Å². The highest BCUT2D eigenvalue weighted by molar-refractivity contribution is 5.95. The lowest BCUT2D eigenvalue weighted by Crippen LogP contribution is -2.76. The van der Waals surface area contributed by atoms with Crippen molar-refractivity contribution >= 4 is 23.7 Å². The van der Waals surface area contributed by atoms with Gasteiger partial charge in [-0.15, -0.1) is 0 Å². The largest absolute Gasteiger partial charge is 0.458 e. The van der Waals surface area contributed by atoms with Gasteiger partial charge in [-0.3, -0.25) is 14.4 Å². The fourth-order valence-electron chi connectivity index (χ4n) is 5.74. The van der Waals surface area contributed by atoms with E-state index in [1.165, 1.54) is 6.92 Å². The van der Waals surface area contributed by atoms with Crippen LogP contribution in [0.25, 0.3) is 0 Å². The quantitative estimate of drug-likeness (QED) is 0.447. The first-order valence-corrected chi connectivity index (χ1v) is 8.59. The summed E-state index contributed by atoms with van der Waals surface area (Å²) in [5.74, 6) is -3.91. The second kappa shape index (κ2) is 4.45. The smallest absolute Gasteiger partial charge is 0.351 e. The van der Waals surface area contributed by atoms with Crippen LogP contribution < -0.4 is 0 Å². The first kappa shape index (κ1) is 16.2. The third-order valence-corrected chi connectivity index (χ3v) is 6.88. The summed E-state index contributed by atoms with van der Waals surface area (Å²) in [6.45, 7) is 4.54. The summed E-state index contributed by atoms with van der Waals surface area (Å²) in [7, 11) is 0. The van der Waals surface area contributed by atoms with Gasteiger partial charge in [0.25, 0.3) is 0 Å². The fourth-order valence-corrected chi connectivity index (χ4v) is 5.74. The minimum Gasteiger partial charge on any atom is -0.458 e. The van der Waals surface area contributed by atoms with Gasteiger partial charge in [-0.2, -0.15) is 0 Å². The van der Waals surface area contributed by atoms with E-state index in [0.717, 1.165) is 0 Å². The molecule has 4 saturated heterocycles. The summed E-state index contributed by atoms with van der Waals surface area (Å²) >= 11 is 0. The first-order chi connectivity index (χ1) is 12.1. The monoisotopic (exact) mass is 366 g/mol. The summed E-state index contributed by atoms with van der Waals surface area (Å²) in [5, 5.41) is 0. The molecule has 4 heterocycles. The van der Waals surface area contributed by atoms with Crippen molar-refractivity contribution in [3.63, 3.8) is 0 Å². The number of hydrogen-bond acceptors (Lipinski definition) is 9. The molecule has 8 atom stereocenters. The van der Waals surface area contributed by atoms with Crippen molar-refractivity contribution < 1.29 is 42.9 Å². The van der Waals surface area contributed by atoms with E-state index in [9.17, 15) is 19.2 Å². The normalized spacial score (nSPS) is 53.7. The van der Waals surface area contributed by atoms with E-state index >= 15 is 0 Å². The first-order valence-electron chi connectivity index (χ1n) is 8.59. The predicted molar refractivity (Wildman–Crippen MR) is 78.2 cm³/mol. The molecule has 0 N–H and O–H groups in total. The van der Waals surface area contributed by atoms with E-state index in [4.69, 9.17) is 23.7 Å². The zero-order chi connectivity index (χ0) is 18.6. The maximum atomic E-state index is 13.1. The van der Waals surface area contributed by atoms with Crippen LogP contribution in [0.3, 0.4) is 0 Å². The molecule has 9 heteroatoms. The Bertz CT molecular complexity index is 776. The third kappa shape index (κ3) is 1.48. The van der Waals surface area contributed by atoms with Crippen LogP contribution in [0, 0.1) is 17.3 Å². The van der Waals surface area contributed by atoms with Gasteiger partial charge >= 0.3 is 17.9 Å². The average Bonchev–Trinajstić information content (AvgIpc) is 2.89. The van der Waals surface area contributed by atoms with Crippen LogP contribution in [0.15, 0.2) is 0 Å². The molecule has 140 valence electrons. The topological polar surface area (TPSA) is 114 Å². The molecule has 1 spiro atoms. The number of ketones is 1. The number of hydrogen-bond donors (Lipinski definition) is 0. The minimum atomic E-state index is -1.59. The van der Waals surface area contributed by atoms with Crippen molar-refractivity contribution in [2.45, 2.75) is 56.9 Å². The number of carbonyl (C=O) groups excluding carboxylic acids is 4. The van der Waals surface area contributed by atoms with Gasteiger partial charge < -0.3 is 23.7 Å². The Morgan fingerprint density at radius 3 is 2.62 bits per heavy atom. The Morgan fingerprint density at radius 2 is 1.92 bits per heavy atom. The number of carbonyl (C=O) groups is 4. The molecule has 4 aliphatic heterocycles. The Hall–Kier alpha value is -2.00. The molecule has 0 aromatic heterocycles. The summed E-state index contributed by atoms with van der Waals surface area (Å²) in [5.41, 5.74) is -3.90. The molecule has 0 radical (unpaired) electrons. The molecule has 0 aromatic rings. The van der Waals surface area contributed by atoms with Crippen LogP contribution >= 0.6 is 0 Å². The van der Waals surface area contributed by atoms with E-state index in [2.05, 4.69) is 0 Å². The predicted octanol–water partition coefficient (Wildman–Crippen LogP) is -0.504. The molecule has 0 amide bonds. The molecular formula is C17H18O9. The minimum absolute atomic E-state index is 0.00517. The molecule has 1 saturated carbocycles. The van der Waals surface area contributed by atoms with Gasteiger partial charge in [0.05, 0.1) is 18.4 Å². The van der Waals surface area contributed by atoms with Crippen molar-refractivity contribution in [2.75, 3.05) is 6.61 Å². The summed E-state index contributed by atoms with van der Waals surface area (Å²) in [6.07, 6.45) is -3.13. The highest BCUT2D eigenvalue weighted by Gasteiger charge is 2.86. The van der Waals surface area contributed by atoms with E-state index in [1.807, 2.05) is 6.92 Å². The molecule has 0 aromatic carbocycles. The fraction of sp³-hybridized carbons (Fsp3) is 0.765. The van der Waals surface area contributed by atoms with Gasteiger partial charge in [0, 0.05) is 6.92 Å². The van der Waals surface area contributed by atoms with Gasteiger partial charge in [-0.25, -0.2) is 4.79 Å². The Labute approximate surface area is 148 Å². The number of esters is 3. The molecule has 0 unspecified atom stereocenters.